The van der Waals surface area contributed by atoms with Crippen LogP contribution >= 0.6 is 12.2 Å². The molecule has 0 aliphatic heterocycles. The molecule has 0 aliphatic carbocycles. The Bertz CT molecular complexity index is 801. The molecule has 0 saturated heterocycles. The van der Waals surface area contributed by atoms with E-state index in [1.54, 1.807) is 24.3 Å². The molecule has 0 radical (unpaired) electrons. The molecule has 25 heavy (non-hydrogen) atoms. The summed E-state index contributed by atoms with van der Waals surface area (Å²) in [5.41, 5.74) is 7.36. The van der Waals surface area contributed by atoms with E-state index in [0.717, 1.165) is 23.3 Å². The van der Waals surface area contributed by atoms with Crippen molar-refractivity contribution in [2.45, 2.75) is 24.7 Å². The molecular formula is C18H22N2O3S2. The summed E-state index contributed by atoms with van der Waals surface area (Å²) in [5, 5.41) is 0. The Hall–Kier alpha value is -1.96. The van der Waals surface area contributed by atoms with Crippen LogP contribution in [0.25, 0.3) is 0 Å². The van der Waals surface area contributed by atoms with Crippen LogP contribution in [0.2, 0.25) is 0 Å². The topological polar surface area (TPSA) is 81.4 Å². The zero-order valence-electron chi connectivity index (χ0n) is 14.1. The second-order valence-electron chi connectivity index (χ2n) is 5.66. The number of nitrogens with one attached hydrogen (secondary N) is 1. The molecule has 0 fully saturated rings. The average Bonchev–Trinajstić information content (AvgIpc) is 2.58. The quantitative estimate of drug-likeness (QED) is 0.518. The van der Waals surface area contributed by atoms with Gasteiger partial charge in [-0.05, 0) is 56.2 Å². The van der Waals surface area contributed by atoms with Crippen molar-refractivity contribution < 1.29 is 13.2 Å². The molecule has 0 aliphatic rings. The van der Waals surface area contributed by atoms with Gasteiger partial charge in [0.2, 0.25) is 10.0 Å². The van der Waals surface area contributed by atoms with Crippen molar-refractivity contribution in [1.82, 2.24) is 4.72 Å². The Morgan fingerprint density at radius 3 is 2.32 bits per heavy atom. The van der Waals surface area contributed by atoms with E-state index in [9.17, 15) is 8.42 Å². The Labute approximate surface area is 154 Å². The van der Waals surface area contributed by atoms with Gasteiger partial charge < -0.3 is 10.5 Å². The minimum Gasteiger partial charge on any atom is -0.494 e. The molecule has 3 N–H and O–H groups in total. The lowest BCUT2D eigenvalue weighted by Gasteiger charge is -2.08. The van der Waals surface area contributed by atoms with E-state index in [4.69, 9.17) is 22.7 Å². The molecule has 2 aromatic rings. The van der Waals surface area contributed by atoms with Gasteiger partial charge in [-0.3, -0.25) is 0 Å². The highest BCUT2D eigenvalue weighted by molar-refractivity contribution is 7.89. The van der Waals surface area contributed by atoms with Crippen molar-refractivity contribution in [3.63, 3.8) is 0 Å². The second kappa shape index (κ2) is 8.94. The normalized spacial score (nSPS) is 11.2. The van der Waals surface area contributed by atoms with Crippen molar-refractivity contribution in [1.29, 1.82) is 0 Å². The number of aryl methyl sites for hydroxylation is 1. The smallest absolute Gasteiger partial charge is 0.240 e. The maximum absolute atomic E-state index is 12.1. The summed E-state index contributed by atoms with van der Waals surface area (Å²) in [6.07, 6.45) is 1.43. The monoisotopic (exact) mass is 378 g/mol. The summed E-state index contributed by atoms with van der Waals surface area (Å²) in [4.78, 5) is 0.639. The number of rotatable bonds is 9. The number of hydrogen-bond acceptors (Lipinski definition) is 4. The van der Waals surface area contributed by atoms with Crippen LogP contribution in [-0.4, -0.2) is 26.6 Å². The molecule has 5 nitrogen and oxygen atoms in total. The van der Waals surface area contributed by atoms with E-state index < -0.39 is 10.0 Å². The molecule has 134 valence electrons. The number of hydrogen-bond donors (Lipinski definition) is 2. The zero-order valence-corrected chi connectivity index (χ0v) is 15.7. The molecule has 0 saturated carbocycles. The standard InChI is InChI=1S/C18H22N2O3S2/c1-14-4-10-17(11-5-14)25(21,22)20-12-2-3-13-23-16-8-6-15(7-9-16)18(19)24/h4-11,20H,2-3,12-13H2,1H3,(H2,19,24). The highest BCUT2D eigenvalue weighted by Gasteiger charge is 2.12. The number of sulfonamides is 1. The Kier molecular flexibility index (Phi) is 6.92. The van der Waals surface area contributed by atoms with E-state index in [1.807, 2.05) is 31.2 Å². The van der Waals surface area contributed by atoms with Gasteiger partial charge in [0.15, 0.2) is 0 Å². The first-order chi connectivity index (χ1) is 11.9. The van der Waals surface area contributed by atoms with Crippen molar-refractivity contribution >= 4 is 27.2 Å². The van der Waals surface area contributed by atoms with Crippen LogP contribution in [0, 0.1) is 6.92 Å². The number of thiocarbonyl (C=S) groups is 1. The largest absolute Gasteiger partial charge is 0.494 e. The highest BCUT2D eigenvalue weighted by atomic mass is 32.2. The molecule has 0 spiro atoms. The van der Waals surface area contributed by atoms with Gasteiger partial charge in [-0.25, -0.2) is 13.1 Å². The average molecular weight is 379 g/mol. The van der Waals surface area contributed by atoms with E-state index in [2.05, 4.69) is 4.72 Å². The predicted octanol–water partition coefficient (Wildman–Crippen LogP) is 2.77. The minimum atomic E-state index is -3.44. The first kappa shape index (κ1) is 19.4. The van der Waals surface area contributed by atoms with Crippen LogP contribution in [0.1, 0.15) is 24.0 Å². The third-order valence-electron chi connectivity index (χ3n) is 3.60. The van der Waals surface area contributed by atoms with Gasteiger partial charge in [0.05, 0.1) is 11.5 Å². The fraction of sp³-hybridized carbons (Fsp3) is 0.278. The summed E-state index contributed by atoms with van der Waals surface area (Å²) in [6.45, 7) is 2.81. The molecule has 0 bridgehead atoms. The van der Waals surface area contributed by atoms with Crippen LogP contribution in [0.15, 0.2) is 53.4 Å². The zero-order chi connectivity index (χ0) is 18.3. The summed E-state index contributed by atoms with van der Waals surface area (Å²) in [7, 11) is -3.44. The maximum Gasteiger partial charge on any atom is 0.240 e. The van der Waals surface area contributed by atoms with E-state index in [-0.39, 0.29) is 4.90 Å². The second-order valence-corrected chi connectivity index (χ2v) is 7.86. The highest BCUT2D eigenvalue weighted by Crippen LogP contribution is 2.13. The SMILES string of the molecule is Cc1ccc(S(=O)(=O)NCCCCOc2ccc(C(N)=S)cc2)cc1. The Morgan fingerprint density at radius 1 is 1.08 bits per heavy atom. The minimum absolute atomic E-state index is 0.284. The van der Waals surface area contributed by atoms with Crippen LogP contribution in [0.3, 0.4) is 0 Å². The molecule has 7 heteroatoms. The van der Waals surface area contributed by atoms with E-state index >= 15 is 0 Å². The van der Waals surface area contributed by atoms with Gasteiger partial charge in [0, 0.05) is 12.1 Å². The Morgan fingerprint density at radius 2 is 1.72 bits per heavy atom. The van der Waals surface area contributed by atoms with Gasteiger partial charge >= 0.3 is 0 Å². The number of benzene rings is 2. The summed E-state index contributed by atoms with van der Waals surface area (Å²) in [6, 6.07) is 14.0. The van der Waals surface area contributed by atoms with Crippen molar-refractivity contribution in [3.8, 4) is 5.75 Å². The van der Waals surface area contributed by atoms with Gasteiger partial charge in [-0.2, -0.15) is 0 Å². The van der Waals surface area contributed by atoms with Gasteiger partial charge in [0.25, 0.3) is 0 Å². The lowest BCUT2D eigenvalue weighted by Crippen LogP contribution is -2.25. The van der Waals surface area contributed by atoms with Crippen LogP contribution < -0.4 is 15.2 Å². The van der Waals surface area contributed by atoms with E-state index in [0.29, 0.717) is 24.6 Å². The molecule has 2 aromatic carbocycles. The van der Waals surface area contributed by atoms with Crippen LogP contribution in [0.4, 0.5) is 0 Å². The summed E-state index contributed by atoms with van der Waals surface area (Å²) < 4.78 is 32.5. The molecule has 0 aromatic heterocycles. The Balaban J connectivity index is 1.69. The lowest BCUT2D eigenvalue weighted by atomic mass is 10.2. The van der Waals surface area contributed by atoms with Gasteiger partial charge in [0.1, 0.15) is 10.7 Å². The molecule has 0 atom stereocenters. The number of ether oxygens (including phenoxy) is 1. The van der Waals surface area contributed by atoms with Crippen LogP contribution in [-0.2, 0) is 10.0 Å². The predicted molar refractivity (Wildman–Crippen MR) is 103 cm³/mol. The van der Waals surface area contributed by atoms with Crippen molar-refractivity contribution in [2.75, 3.05) is 13.2 Å². The van der Waals surface area contributed by atoms with E-state index in [1.165, 1.54) is 0 Å². The molecule has 0 heterocycles. The molecular weight excluding hydrogens is 356 g/mol. The molecule has 0 unspecified atom stereocenters. The maximum atomic E-state index is 12.1. The first-order valence-corrected chi connectivity index (χ1v) is 9.86. The van der Waals surface area contributed by atoms with Gasteiger partial charge in [-0.1, -0.05) is 29.9 Å². The molecule has 2 rings (SSSR count). The summed E-state index contributed by atoms with van der Waals surface area (Å²) >= 11 is 4.89. The lowest BCUT2D eigenvalue weighted by molar-refractivity contribution is 0.307. The van der Waals surface area contributed by atoms with Crippen molar-refractivity contribution in [2.24, 2.45) is 5.73 Å². The first-order valence-electron chi connectivity index (χ1n) is 7.97. The fourth-order valence-electron chi connectivity index (χ4n) is 2.14. The summed E-state index contributed by atoms with van der Waals surface area (Å²) in [5.74, 6) is 0.736. The number of unbranched alkanes of at least 4 members (excludes halogenated alkanes) is 1. The van der Waals surface area contributed by atoms with Crippen LogP contribution in [0.5, 0.6) is 5.75 Å². The molecule has 0 amide bonds. The van der Waals surface area contributed by atoms with Gasteiger partial charge in [-0.15, -0.1) is 0 Å². The number of nitrogens with two attached hydrogens (primary N) is 1. The van der Waals surface area contributed by atoms with Crippen molar-refractivity contribution in [3.05, 3.63) is 59.7 Å². The fourth-order valence-corrected chi connectivity index (χ4v) is 3.35. The third-order valence-corrected chi connectivity index (χ3v) is 5.31. The third kappa shape index (κ3) is 6.12.